The third-order valence-electron chi connectivity index (χ3n) is 7.31. The molecule has 2 N–H and O–H groups in total. The molecule has 0 bridgehead atoms. The fourth-order valence-electron chi connectivity index (χ4n) is 6.19. The number of hydrogen-bond acceptors (Lipinski definition) is 5. The Labute approximate surface area is 175 Å². The van der Waals surface area contributed by atoms with Gasteiger partial charge < -0.3 is 20.1 Å². The number of nitrogens with zero attached hydrogens (tertiary/aromatic N) is 1. The molecule has 6 heteroatoms. The van der Waals surface area contributed by atoms with Gasteiger partial charge in [0.2, 0.25) is 0 Å². The molecule has 164 valence electrons. The van der Waals surface area contributed by atoms with E-state index < -0.39 is 5.60 Å². The maximum Gasteiger partial charge on any atom is 0.410 e. The van der Waals surface area contributed by atoms with Crippen molar-refractivity contribution in [2.45, 2.75) is 77.0 Å². The van der Waals surface area contributed by atoms with Crippen LogP contribution in [0, 0.1) is 23.2 Å². The minimum atomic E-state index is -0.519. The van der Waals surface area contributed by atoms with Crippen LogP contribution in [-0.4, -0.2) is 59.8 Å². The number of carbonyl (C=O) groups excluding carboxylic acids is 2. The van der Waals surface area contributed by atoms with Gasteiger partial charge in [0.25, 0.3) is 0 Å². The Morgan fingerprint density at radius 2 is 2.14 bits per heavy atom. The van der Waals surface area contributed by atoms with Crippen LogP contribution in [0.5, 0.6) is 0 Å². The van der Waals surface area contributed by atoms with Crippen LogP contribution >= 0.6 is 0 Å². The van der Waals surface area contributed by atoms with E-state index in [0.29, 0.717) is 24.7 Å². The van der Waals surface area contributed by atoms with E-state index in [2.05, 4.69) is 11.9 Å². The third kappa shape index (κ3) is 4.24. The molecule has 0 aromatic rings. The topological polar surface area (TPSA) is 78.9 Å². The molecule has 6 nitrogen and oxygen atoms in total. The number of hydrogen-bond donors (Lipinski definition) is 2. The first-order valence-corrected chi connectivity index (χ1v) is 11.1. The number of Topliss-reactive ketones (excluding diaryl/α,β-unsaturated/α-hetero) is 1. The summed E-state index contributed by atoms with van der Waals surface area (Å²) < 4.78 is 5.45. The molecule has 2 saturated carbocycles. The Hall–Kier alpha value is -1.40. The summed E-state index contributed by atoms with van der Waals surface area (Å²) >= 11 is 0. The third-order valence-corrected chi connectivity index (χ3v) is 7.31. The first kappa shape index (κ1) is 22.3. The average molecular weight is 407 g/mol. The lowest BCUT2D eigenvalue weighted by molar-refractivity contribution is -0.122. The summed E-state index contributed by atoms with van der Waals surface area (Å²) in [4.78, 5) is 27.0. The van der Waals surface area contributed by atoms with Gasteiger partial charge in [0.05, 0.1) is 0 Å². The second-order valence-corrected chi connectivity index (χ2v) is 10.3. The van der Waals surface area contributed by atoms with Crippen molar-refractivity contribution >= 4 is 11.9 Å². The van der Waals surface area contributed by atoms with Crippen LogP contribution in [0.4, 0.5) is 4.79 Å². The van der Waals surface area contributed by atoms with Gasteiger partial charge in [0.1, 0.15) is 11.4 Å². The van der Waals surface area contributed by atoms with Gasteiger partial charge in [-0.25, -0.2) is 4.79 Å². The van der Waals surface area contributed by atoms with Gasteiger partial charge in [0, 0.05) is 50.0 Å². The largest absolute Gasteiger partial charge is 0.444 e. The molecule has 3 fully saturated rings. The van der Waals surface area contributed by atoms with E-state index in [0.717, 1.165) is 32.1 Å². The molecule has 0 unspecified atom stereocenters. The molecule has 3 aliphatic rings. The summed E-state index contributed by atoms with van der Waals surface area (Å²) in [6.45, 7) is 10.2. The molecule has 3 rings (SSSR count). The lowest BCUT2D eigenvalue weighted by Gasteiger charge is -2.46. The van der Waals surface area contributed by atoms with Crippen LogP contribution < -0.4 is 5.32 Å². The van der Waals surface area contributed by atoms with Gasteiger partial charge in [-0.05, 0) is 64.7 Å². The number of ether oxygens (including phenoxy) is 1. The second kappa shape index (κ2) is 8.38. The number of ketones is 1. The smallest absolute Gasteiger partial charge is 0.410 e. The first-order chi connectivity index (χ1) is 13.6. The summed E-state index contributed by atoms with van der Waals surface area (Å²) in [5.41, 5.74) is -0.541. The molecule has 0 aromatic carbocycles. The Morgan fingerprint density at radius 3 is 2.76 bits per heavy atom. The Morgan fingerprint density at radius 1 is 1.41 bits per heavy atom. The van der Waals surface area contributed by atoms with Crippen molar-refractivity contribution in [2.75, 3.05) is 20.2 Å². The van der Waals surface area contributed by atoms with E-state index in [1.54, 1.807) is 11.9 Å². The van der Waals surface area contributed by atoms with Gasteiger partial charge in [-0.15, -0.1) is 6.58 Å². The van der Waals surface area contributed by atoms with Crippen LogP contribution in [0.1, 0.15) is 59.3 Å². The molecule has 6 atom stereocenters. The number of rotatable bonds is 7. The molecule has 29 heavy (non-hydrogen) atoms. The minimum absolute atomic E-state index is 0.00382. The van der Waals surface area contributed by atoms with Crippen LogP contribution in [0.3, 0.4) is 0 Å². The lowest BCUT2D eigenvalue weighted by atomic mass is 9.58. The van der Waals surface area contributed by atoms with Crippen LogP contribution in [0.25, 0.3) is 0 Å². The van der Waals surface area contributed by atoms with E-state index in [1.165, 1.54) is 0 Å². The monoisotopic (exact) mass is 406 g/mol. The van der Waals surface area contributed by atoms with Crippen molar-refractivity contribution < 1.29 is 19.4 Å². The Balaban J connectivity index is 1.74. The van der Waals surface area contributed by atoms with E-state index >= 15 is 0 Å². The molecule has 2 aliphatic carbocycles. The van der Waals surface area contributed by atoms with E-state index in [1.807, 2.05) is 26.8 Å². The maximum atomic E-state index is 13.1. The van der Waals surface area contributed by atoms with Crippen molar-refractivity contribution in [3.05, 3.63) is 12.7 Å². The minimum Gasteiger partial charge on any atom is -0.444 e. The highest BCUT2D eigenvalue weighted by Crippen LogP contribution is 2.62. The zero-order valence-electron chi connectivity index (χ0n) is 18.4. The molecule has 1 saturated heterocycles. The zero-order chi connectivity index (χ0) is 21.4. The van der Waals surface area contributed by atoms with Crippen molar-refractivity contribution in [1.29, 1.82) is 0 Å². The quantitative estimate of drug-likeness (QED) is 0.635. The SMILES string of the molecule is C=CCC[C@]12[C@@H]3CC(=O)[C@H]1[C@H](CCN(C)C(=O)OC(C)(C)C)N[C@H]2C[C@@H](CO)C3. The number of nitrogens with one attached hydrogen (secondary N) is 1. The molecule has 0 spiro atoms. The molecule has 0 aromatic heterocycles. The highest BCUT2D eigenvalue weighted by Gasteiger charge is 2.66. The average Bonchev–Trinajstić information content (AvgIpc) is 3.12. The number of amides is 1. The Kier molecular flexibility index (Phi) is 6.44. The van der Waals surface area contributed by atoms with Crippen LogP contribution in [0.2, 0.25) is 0 Å². The molecule has 1 amide bonds. The second-order valence-electron chi connectivity index (χ2n) is 10.3. The van der Waals surface area contributed by atoms with Crippen LogP contribution in [-0.2, 0) is 9.53 Å². The maximum absolute atomic E-state index is 13.1. The van der Waals surface area contributed by atoms with Crippen molar-refractivity contribution in [2.24, 2.45) is 23.2 Å². The summed E-state index contributed by atoms with van der Waals surface area (Å²) in [5.74, 6) is 0.975. The first-order valence-electron chi connectivity index (χ1n) is 11.1. The van der Waals surface area contributed by atoms with Crippen molar-refractivity contribution in [1.82, 2.24) is 10.2 Å². The standard InChI is InChI=1S/C23H38N2O4/c1-6-7-9-23-16-11-15(14-26)12-19(23)24-17(20(23)18(27)13-16)8-10-25(5)21(28)29-22(2,3)4/h6,15-17,19-20,24,26H,1,7-14H2,2-5H3/t15-,16-,17-,19-,20+,23+/m0/s1. The molecule has 1 aliphatic heterocycles. The fourth-order valence-corrected chi connectivity index (χ4v) is 6.19. The zero-order valence-corrected chi connectivity index (χ0v) is 18.4. The lowest BCUT2D eigenvalue weighted by Crippen LogP contribution is -2.48. The predicted octanol–water partition coefficient (Wildman–Crippen LogP) is 3.14. The van der Waals surface area contributed by atoms with E-state index in [9.17, 15) is 14.7 Å². The van der Waals surface area contributed by atoms with Crippen LogP contribution in [0.15, 0.2) is 12.7 Å². The Bertz CT molecular complexity index is 643. The number of aliphatic hydroxyl groups is 1. The highest BCUT2D eigenvalue weighted by molar-refractivity contribution is 5.86. The van der Waals surface area contributed by atoms with Gasteiger partial charge in [0.15, 0.2) is 0 Å². The molecular weight excluding hydrogens is 368 g/mol. The fraction of sp³-hybridized carbons (Fsp3) is 0.826. The van der Waals surface area contributed by atoms with E-state index in [-0.39, 0.29) is 42.0 Å². The number of allylic oxidation sites excluding steroid dienone is 1. The summed E-state index contributed by atoms with van der Waals surface area (Å²) in [6.07, 6.45) is 6.75. The van der Waals surface area contributed by atoms with Gasteiger partial charge in [-0.1, -0.05) is 6.08 Å². The van der Waals surface area contributed by atoms with Gasteiger partial charge >= 0.3 is 6.09 Å². The number of carbonyl (C=O) groups is 2. The highest BCUT2D eigenvalue weighted by atomic mass is 16.6. The van der Waals surface area contributed by atoms with E-state index in [4.69, 9.17) is 4.74 Å². The van der Waals surface area contributed by atoms with Crippen molar-refractivity contribution in [3.8, 4) is 0 Å². The van der Waals surface area contributed by atoms with Gasteiger partial charge in [-0.3, -0.25) is 4.79 Å². The van der Waals surface area contributed by atoms with Gasteiger partial charge in [-0.2, -0.15) is 0 Å². The van der Waals surface area contributed by atoms with Crippen molar-refractivity contribution in [3.63, 3.8) is 0 Å². The normalized spacial score (nSPS) is 36.0. The molecule has 0 radical (unpaired) electrons. The summed E-state index contributed by atoms with van der Waals surface area (Å²) in [5, 5.41) is 13.5. The number of aliphatic hydroxyl groups excluding tert-OH is 1. The molecule has 1 heterocycles. The molecular formula is C23H38N2O4. The predicted molar refractivity (Wildman–Crippen MR) is 112 cm³/mol. The summed E-state index contributed by atoms with van der Waals surface area (Å²) in [7, 11) is 1.75. The summed E-state index contributed by atoms with van der Waals surface area (Å²) in [6, 6.07) is 0.330.